The van der Waals surface area contributed by atoms with Crippen molar-refractivity contribution in [1.82, 2.24) is 15.0 Å². The largest absolute Gasteiger partial charge is 0.497 e. The van der Waals surface area contributed by atoms with Crippen molar-refractivity contribution in [2.24, 2.45) is 0 Å². The first kappa shape index (κ1) is 9.98. The van der Waals surface area contributed by atoms with Gasteiger partial charge in [0.2, 0.25) is 0 Å². The van der Waals surface area contributed by atoms with E-state index in [0.717, 1.165) is 17.1 Å². The number of benzene rings is 1. The predicted octanol–water partition coefficient (Wildman–Crippen LogP) is 2.01. The molecule has 0 fully saturated rings. The summed E-state index contributed by atoms with van der Waals surface area (Å²) in [5.41, 5.74) is 1.69. The SMILES string of the molecule is COc1ccc(-n2cc(CCl)nn2)cc1. The maximum Gasteiger partial charge on any atom is 0.119 e. The highest BCUT2D eigenvalue weighted by Gasteiger charge is 2.01. The summed E-state index contributed by atoms with van der Waals surface area (Å²) in [6.45, 7) is 0. The maximum atomic E-state index is 5.64. The molecular formula is C10H10ClN3O. The number of hydrogen-bond acceptors (Lipinski definition) is 3. The molecule has 0 aliphatic carbocycles. The molecular weight excluding hydrogens is 214 g/mol. The van der Waals surface area contributed by atoms with Gasteiger partial charge in [-0.2, -0.15) is 0 Å². The number of ether oxygens (including phenoxy) is 1. The lowest BCUT2D eigenvalue weighted by Crippen LogP contribution is -1.94. The quantitative estimate of drug-likeness (QED) is 0.748. The third kappa shape index (κ3) is 2.10. The second-order valence-corrected chi connectivity index (χ2v) is 3.25. The predicted molar refractivity (Wildman–Crippen MR) is 57.5 cm³/mol. The van der Waals surface area contributed by atoms with Crippen LogP contribution in [-0.2, 0) is 5.88 Å². The molecule has 1 heterocycles. The Hall–Kier alpha value is -1.55. The molecule has 5 heteroatoms. The number of hydrogen-bond donors (Lipinski definition) is 0. The number of aromatic nitrogens is 3. The van der Waals surface area contributed by atoms with Gasteiger partial charge in [-0.25, -0.2) is 4.68 Å². The summed E-state index contributed by atoms with van der Waals surface area (Å²) < 4.78 is 6.74. The highest BCUT2D eigenvalue weighted by atomic mass is 35.5. The topological polar surface area (TPSA) is 39.9 Å². The highest BCUT2D eigenvalue weighted by Crippen LogP contribution is 2.14. The lowest BCUT2D eigenvalue weighted by molar-refractivity contribution is 0.414. The third-order valence-electron chi connectivity index (χ3n) is 2.01. The van der Waals surface area contributed by atoms with E-state index in [1.807, 2.05) is 24.3 Å². The van der Waals surface area contributed by atoms with Crippen LogP contribution in [0.2, 0.25) is 0 Å². The van der Waals surface area contributed by atoms with Gasteiger partial charge in [-0.1, -0.05) is 5.21 Å². The molecule has 0 amide bonds. The molecule has 0 radical (unpaired) electrons. The lowest BCUT2D eigenvalue weighted by Gasteiger charge is -2.01. The molecule has 0 bridgehead atoms. The van der Waals surface area contributed by atoms with Crippen LogP contribution in [0.15, 0.2) is 30.5 Å². The van der Waals surface area contributed by atoms with E-state index < -0.39 is 0 Å². The van der Waals surface area contributed by atoms with Gasteiger partial charge in [0.15, 0.2) is 0 Å². The zero-order valence-corrected chi connectivity index (χ0v) is 8.98. The fourth-order valence-electron chi connectivity index (χ4n) is 1.22. The van der Waals surface area contributed by atoms with Gasteiger partial charge in [0, 0.05) is 0 Å². The molecule has 0 atom stereocenters. The van der Waals surface area contributed by atoms with Gasteiger partial charge in [0.25, 0.3) is 0 Å². The Morgan fingerprint density at radius 3 is 2.60 bits per heavy atom. The molecule has 1 aromatic carbocycles. The molecule has 2 rings (SSSR count). The van der Waals surface area contributed by atoms with Crippen molar-refractivity contribution in [3.8, 4) is 11.4 Å². The van der Waals surface area contributed by atoms with E-state index in [9.17, 15) is 0 Å². The first-order valence-electron chi connectivity index (χ1n) is 4.45. The summed E-state index contributed by atoms with van der Waals surface area (Å²) in [6, 6.07) is 7.56. The fraction of sp³-hybridized carbons (Fsp3) is 0.200. The van der Waals surface area contributed by atoms with Gasteiger partial charge >= 0.3 is 0 Å². The Balaban J connectivity index is 2.28. The van der Waals surface area contributed by atoms with Crippen molar-refractivity contribution in [3.63, 3.8) is 0 Å². The molecule has 2 aromatic rings. The second-order valence-electron chi connectivity index (χ2n) is 2.99. The summed E-state index contributed by atoms with van der Waals surface area (Å²) in [5, 5.41) is 7.86. The van der Waals surface area contributed by atoms with Crippen LogP contribution in [0.3, 0.4) is 0 Å². The van der Waals surface area contributed by atoms with Crippen LogP contribution < -0.4 is 4.74 Å². The lowest BCUT2D eigenvalue weighted by atomic mass is 10.3. The summed E-state index contributed by atoms with van der Waals surface area (Å²) in [6.07, 6.45) is 1.80. The number of alkyl halides is 1. The molecule has 0 unspecified atom stereocenters. The fourth-order valence-corrected chi connectivity index (χ4v) is 1.34. The Morgan fingerprint density at radius 2 is 2.07 bits per heavy atom. The van der Waals surface area contributed by atoms with Crippen LogP contribution in [0.4, 0.5) is 0 Å². The Kier molecular flexibility index (Phi) is 2.87. The third-order valence-corrected chi connectivity index (χ3v) is 2.29. The van der Waals surface area contributed by atoms with Crippen molar-refractivity contribution in [1.29, 1.82) is 0 Å². The standard InChI is InChI=1S/C10H10ClN3O/c1-15-10-4-2-9(3-5-10)14-7-8(6-11)12-13-14/h2-5,7H,6H2,1H3. The average molecular weight is 224 g/mol. The van der Waals surface area contributed by atoms with Crippen LogP contribution >= 0.6 is 11.6 Å². The van der Waals surface area contributed by atoms with Gasteiger partial charge in [0.1, 0.15) is 5.75 Å². The molecule has 0 N–H and O–H groups in total. The molecule has 0 aliphatic heterocycles. The van der Waals surface area contributed by atoms with E-state index >= 15 is 0 Å². The van der Waals surface area contributed by atoms with Crippen LogP contribution in [0.5, 0.6) is 5.75 Å². The molecule has 78 valence electrons. The molecule has 0 aliphatic rings. The molecule has 4 nitrogen and oxygen atoms in total. The zero-order chi connectivity index (χ0) is 10.7. The number of nitrogens with zero attached hydrogens (tertiary/aromatic N) is 3. The average Bonchev–Trinajstić information content (AvgIpc) is 2.78. The van der Waals surface area contributed by atoms with Gasteiger partial charge in [0.05, 0.1) is 30.6 Å². The van der Waals surface area contributed by atoms with E-state index in [0.29, 0.717) is 5.88 Å². The van der Waals surface area contributed by atoms with E-state index in [4.69, 9.17) is 16.3 Å². The van der Waals surface area contributed by atoms with Crippen LogP contribution in [0.25, 0.3) is 5.69 Å². The minimum absolute atomic E-state index is 0.371. The van der Waals surface area contributed by atoms with Crippen molar-refractivity contribution in [2.45, 2.75) is 5.88 Å². The van der Waals surface area contributed by atoms with Crippen molar-refractivity contribution >= 4 is 11.6 Å². The van der Waals surface area contributed by atoms with Gasteiger partial charge in [-0.15, -0.1) is 16.7 Å². The molecule has 0 spiro atoms. The Morgan fingerprint density at radius 1 is 1.33 bits per heavy atom. The van der Waals surface area contributed by atoms with E-state index in [2.05, 4.69) is 10.3 Å². The second kappa shape index (κ2) is 4.31. The van der Waals surface area contributed by atoms with Gasteiger partial charge < -0.3 is 4.74 Å². The van der Waals surface area contributed by atoms with E-state index in [1.165, 1.54) is 0 Å². The first-order chi connectivity index (χ1) is 7.33. The van der Waals surface area contributed by atoms with Crippen LogP contribution in [-0.4, -0.2) is 22.1 Å². The van der Waals surface area contributed by atoms with Crippen LogP contribution in [0.1, 0.15) is 5.69 Å². The summed E-state index contributed by atoms with van der Waals surface area (Å²) in [4.78, 5) is 0. The van der Waals surface area contributed by atoms with Crippen molar-refractivity contribution in [2.75, 3.05) is 7.11 Å². The Bertz CT molecular complexity index is 438. The number of halogens is 1. The van der Waals surface area contributed by atoms with Crippen molar-refractivity contribution in [3.05, 3.63) is 36.2 Å². The first-order valence-corrected chi connectivity index (χ1v) is 4.98. The number of methoxy groups -OCH3 is 1. The smallest absolute Gasteiger partial charge is 0.119 e. The minimum atomic E-state index is 0.371. The minimum Gasteiger partial charge on any atom is -0.497 e. The van der Waals surface area contributed by atoms with Gasteiger partial charge in [-0.05, 0) is 24.3 Å². The summed E-state index contributed by atoms with van der Waals surface area (Å²) >= 11 is 5.64. The van der Waals surface area contributed by atoms with Crippen molar-refractivity contribution < 1.29 is 4.74 Å². The summed E-state index contributed by atoms with van der Waals surface area (Å²) in [7, 11) is 1.63. The highest BCUT2D eigenvalue weighted by molar-refractivity contribution is 6.16. The van der Waals surface area contributed by atoms with E-state index in [1.54, 1.807) is 18.0 Å². The molecule has 0 saturated heterocycles. The summed E-state index contributed by atoms with van der Waals surface area (Å²) in [5.74, 6) is 1.19. The maximum absolute atomic E-state index is 5.64. The number of rotatable bonds is 3. The normalized spacial score (nSPS) is 10.3. The molecule has 15 heavy (non-hydrogen) atoms. The molecule has 1 aromatic heterocycles. The van der Waals surface area contributed by atoms with Crippen LogP contribution in [0, 0.1) is 0 Å². The molecule has 0 saturated carbocycles. The van der Waals surface area contributed by atoms with E-state index in [-0.39, 0.29) is 0 Å². The Labute approximate surface area is 92.4 Å². The monoisotopic (exact) mass is 223 g/mol. The van der Waals surface area contributed by atoms with Gasteiger partial charge in [-0.3, -0.25) is 0 Å². The zero-order valence-electron chi connectivity index (χ0n) is 8.22.